The summed E-state index contributed by atoms with van der Waals surface area (Å²) in [7, 11) is 0. The van der Waals surface area contributed by atoms with E-state index in [2.05, 4.69) is 15.4 Å². The van der Waals surface area contributed by atoms with Gasteiger partial charge in [-0.1, -0.05) is 6.07 Å². The van der Waals surface area contributed by atoms with Gasteiger partial charge in [0.15, 0.2) is 23.1 Å². The molecule has 0 fully saturated rings. The van der Waals surface area contributed by atoms with E-state index >= 15 is 0 Å². The molecule has 2 atom stereocenters. The topological polar surface area (TPSA) is 112 Å². The number of hydrogen-bond acceptors (Lipinski definition) is 8. The molecule has 9 heteroatoms. The number of Topliss-reactive ketones (excluding diaryl/α,β-unsaturated/α-hetero) is 1. The number of ether oxygens (including phenoxy) is 2. The highest BCUT2D eigenvalue weighted by atomic mass is 16.5. The molecule has 1 aromatic carbocycles. The van der Waals surface area contributed by atoms with Gasteiger partial charge in [-0.2, -0.15) is 10.1 Å². The molecular weight excluding hydrogens is 412 g/mol. The lowest BCUT2D eigenvalue weighted by molar-refractivity contribution is -0.117. The van der Waals surface area contributed by atoms with Crippen LogP contribution in [0.4, 0.5) is 5.95 Å². The van der Waals surface area contributed by atoms with Crippen LogP contribution in [0.5, 0.6) is 11.5 Å². The molecule has 2 N–H and O–H groups in total. The number of ketones is 1. The van der Waals surface area contributed by atoms with E-state index in [0.717, 1.165) is 23.4 Å². The van der Waals surface area contributed by atoms with E-state index in [-0.39, 0.29) is 18.3 Å². The SMILES string of the molecule is O=C1CC(c2ccco2)CC2=C1C(c1ccc3c(c1)OCCCO3)n1nc(CO)nc1N2. The number of rotatable bonds is 3. The molecule has 0 bridgehead atoms. The highest BCUT2D eigenvalue weighted by Gasteiger charge is 2.40. The van der Waals surface area contributed by atoms with Crippen LogP contribution >= 0.6 is 0 Å². The fraction of sp³-hybridized carbons (Fsp3) is 0.348. The molecule has 2 aromatic heterocycles. The van der Waals surface area contributed by atoms with Crippen molar-refractivity contribution in [2.45, 2.75) is 37.8 Å². The summed E-state index contributed by atoms with van der Waals surface area (Å²) in [6, 6.07) is 8.99. The molecule has 1 aliphatic carbocycles. The molecule has 32 heavy (non-hydrogen) atoms. The van der Waals surface area contributed by atoms with Crippen LogP contribution in [-0.4, -0.2) is 38.9 Å². The Morgan fingerprint density at radius 2 is 2.03 bits per heavy atom. The number of carbonyl (C=O) groups is 1. The number of aromatic nitrogens is 3. The summed E-state index contributed by atoms with van der Waals surface area (Å²) in [5, 5.41) is 17.4. The van der Waals surface area contributed by atoms with Gasteiger partial charge in [-0.15, -0.1) is 0 Å². The van der Waals surface area contributed by atoms with Gasteiger partial charge in [0.2, 0.25) is 5.95 Å². The van der Waals surface area contributed by atoms with E-state index in [1.54, 1.807) is 10.9 Å². The number of hydrogen-bond donors (Lipinski definition) is 2. The Kier molecular flexibility index (Phi) is 4.50. The number of furan rings is 1. The molecular formula is C23H22N4O5. The zero-order valence-electron chi connectivity index (χ0n) is 17.3. The molecule has 3 aromatic rings. The molecule has 164 valence electrons. The van der Waals surface area contributed by atoms with Crippen LogP contribution in [0.2, 0.25) is 0 Å². The van der Waals surface area contributed by atoms with E-state index in [0.29, 0.717) is 54.9 Å². The minimum absolute atomic E-state index is 0.0314. The van der Waals surface area contributed by atoms with Crippen molar-refractivity contribution in [3.8, 4) is 11.5 Å². The number of nitrogens with zero attached hydrogens (tertiary/aromatic N) is 3. The molecule has 2 aliphatic heterocycles. The summed E-state index contributed by atoms with van der Waals surface area (Å²) in [6.45, 7) is 0.890. The van der Waals surface area contributed by atoms with Gasteiger partial charge in [0.05, 0.1) is 19.5 Å². The van der Waals surface area contributed by atoms with E-state index in [1.807, 2.05) is 30.3 Å². The number of fused-ring (bicyclic) bond motifs is 2. The predicted molar refractivity (Wildman–Crippen MR) is 112 cm³/mol. The lowest BCUT2D eigenvalue weighted by atomic mass is 9.79. The minimum Gasteiger partial charge on any atom is -0.490 e. The lowest BCUT2D eigenvalue weighted by Gasteiger charge is -2.34. The van der Waals surface area contributed by atoms with Crippen LogP contribution in [-0.2, 0) is 11.4 Å². The van der Waals surface area contributed by atoms with Crippen LogP contribution in [0.15, 0.2) is 52.3 Å². The van der Waals surface area contributed by atoms with Crippen LogP contribution < -0.4 is 14.8 Å². The van der Waals surface area contributed by atoms with Crippen molar-refractivity contribution >= 4 is 11.7 Å². The van der Waals surface area contributed by atoms with Crippen molar-refractivity contribution in [1.29, 1.82) is 0 Å². The zero-order chi connectivity index (χ0) is 21.7. The average molecular weight is 434 g/mol. The minimum atomic E-state index is -0.476. The van der Waals surface area contributed by atoms with Gasteiger partial charge in [-0.25, -0.2) is 4.68 Å². The standard InChI is InChI=1S/C23H22N4O5/c28-12-20-25-23-24-15-9-14(17-3-1-6-30-17)10-16(29)21(15)22(27(23)26-20)13-4-5-18-19(11-13)32-8-2-7-31-18/h1,3-6,11,14,22,28H,2,7-10,12H2,(H,24,25,26). The lowest BCUT2D eigenvalue weighted by Crippen LogP contribution is -2.33. The third kappa shape index (κ3) is 3.08. The van der Waals surface area contributed by atoms with Gasteiger partial charge < -0.3 is 24.3 Å². The van der Waals surface area contributed by atoms with Crippen molar-refractivity contribution < 1.29 is 23.8 Å². The smallest absolute Gasteiger partial charge is 0.226 e. The summed E-state index contributed by atoms with van der Waals surface area (Å²) in [5.41, 5.74) is 2.32. The van der Waals surface area contributed by atoms with Crippen molar-refractivity contribution in [3.05, 3.63) is 65.0 Å². The monoisotopic (exact) mass is 434 g/mol. The number of carbonyl (C=O) groups excluding carboxylic acids is 1. The van der Waals surface area contributed by atoms with Gasteiger partial charge in [0.1, 0.15) is 18.4 Å². The van der Waals surface area contributed by atoms with Crippen LogP contribution in [0.1, 0.15) is 48.4 Å². The number of aliphatic hydroxyl groups is 1. The fourth-order valence-electron chi connectivity index (χ4n) is 4.71. The van der Waals surface area contributed by atoms with E-state index in [9.17, 15) is 9.90 Å². The highest BCUT2D eigenvalue weighted by Crippen LogP contribution is 2.45. The molecule has 0 saturated carbocycles. The molecule has 6 rings (SSSR count). The Labute approximate surface area is 183 Å². The molecule has 2 unspecified atom stereocenters. The molecule has 0 spiro atoms. The van der Waals surface area contributed by atoms with Crippen molar-refractivity contribution in [2.75, 3.05) is 18.5 Å². The van der Waals surface area contributed by atoms with Gasteiger partial charge in [-0.05, 0) is 36.2 Å². The summed E-state index contributed by atoms with van der Waals surface area (Å²) in [5.74, 6) is 2.92. The molecule has 3 aliphatic rings. The molecule has 0 amide bonds. The predicted octanol–water partition coefficient (Wildman–Crippen LogP) is 2.94. The second kappa shape index (κ2) is 7.52. The zero-order valence-corrected chi connectivity index (χ0v) is 17.3. The van der Waals surface area contributed by atoms with Crippen molar-refractivity contribution in [3.63, 3.8) is 0 Å². The molecule has 9 nitrogen and oxygen atoms in total. The summed E-state index contributed by atoms with van der Waals surface area (Å²) in [4.78, 5) is 17.9. The number of benzene rings is 1. The van der Waals surface area contributed by atoms with Crippen LogP contribution in [0.25, 0.3) is 0 Å². The number of anilines is 1. The Bertz CT molecular complexity index is 1210. The van der Waals surface area contributed by atoms with Crippen molar-refractivity contribution in [1.82, 2.24) is 14.8 Å². The maximum absolute atomic E-state index is 13.4. The average Bonchev–Trinajstić information content (AvgIpc) is 3.42. The first-order chi connectivity index (χ1) is 15.7. The Balaban J connectivity index is 1.47. The second-order valence-corrected chi connectivity index (χ2v) is 8.17. The number of nitrogens with one attached hydrogen (secondary N) is 1. The number of aliphatic hydroxyl groups excluding tert-OH is 1. The van der Waals surface area contributed by atoms with E-state index in [4.69, 9.17) is 13.9 Å². The van der Waals surface area contributed by atoms with Crippen LogP contribution in [0, 0.1) is 0 Å². The summed E-state index contributed by atoms with van der Waals surface area (Å²) >= 11 is 0. The largest absolute Gasteiger partial charge is 0.490 e. The first-order valence-electron chi connectivity index (χ1n) is 10.7. The number of allylic oxidation sites excluding steroid dienone is 2. The first-order valence-corrected chi connectivity index (χ1v) is 10.7. The van der Waals surface area contributed by atoms with Gasteiger partial charge >= 0.3 is 0 Å². The maximum Gasteiger partial charge on any atom is 0.226 e. The third-order valence-corrected chi connectivity index (χ3v) is 6.14. The van der Waals surface area contributed by atoms with E-state index < -0.39 is 6.04 Å². The molecule has 0 saturated heterocycles. The quantitative estimate of drug-likeness (QED) is 0.647. The Morgan fingerprint density at radius 3 is 2.84 bits per heavy atom. The normalized spacial score (nSPS) is 22.1. The Morgan fingerprint density at radius 1 is 1.16 bits per heavy atom. The van der Waals surface area contributed by atoms with Crippen molar-refractivity contribution in [2.24, 2.45) is 0 Å². The molecule has 4 heterocycles. The summed E-state index contributed by atoms with van der Waals surface area (Å²) in [6.07, 6.45) is 3.41. The summed E-state index contributed by atoms with van der Waals surface area (Å²) < 4.78 is 18.9. The Hall–Kier alpha value is -3.59. The van der Waals surface area contributed by atoms with Gasteiger partial charge in [0, 0.05) is 30.0 Å². The van der Waals surface area contributed by atoms with Gasteiger partial charge in [-0.3, -0.25) is 4.79 Å². The fourth-order valence-corrected chi connectivity index (χ4v) is 4.71. The second-order valence-electron chi connectivity index (χ2n) is 8.17. The highest BCUT2D eigenvalue weighted by molar-refractivity contribution is 6.00. The third-order valence-electron chi connectivity index (χ3n) is 6.14. The van der Waals surface area contributed by atoms with E-state index in [1.165, 1.54) is 0 Å². The molecule has 0 radical (unpaired) electrons. The first kappa shape index (κ1) is 19.1. The maximum atomic E-state index is 13.4. The van der Waals surface area contributed by atoms with Gasteiger partial charge in [0.25, 0.3) is 0 Å². The van der Waals surface area contributed by atoms with Crippen LogP contribution in [0.3, 0.4) is 0 Å².